The first kappa shape index (κ1) is 22.6. The molecule has 3 heterocycles. The van der Waals surface area contributed by atoms with Crippen molar-refractivity contribution in [3.8, 4) is 0 Å². The van der Waals surface area contributed by atoms with Gasteiger partial charge in [0.2, 0.25) is 0 Å². The molecular weight excluding hydrogens is 448 g/mol. The van der Waals surface area contributed by atoms with Crippen LogP contribution in [-0.4, -0.2) is 50.3 Å². The van der Waals surface area contributed by atoms with Gasteiger partial charge in [-0.1, -0.05) is 60.1 Å². The van der Waals surface area contributed by atoms with Gasteiger partial charge in [-0.3, -0.25) is 19.6 Å². The Morgan fingerprint density at radius 3 is 2.15 bits per heavy atom. The van der Waals surface area contributed by atoms with E-state index in [0.29, 0.717) is 25.1 Å². The van der Waals surface area contributed by atoms with E-state index in [9.17, 15) is 9.59 Å². The van der Waals surface area contributed by atoms with E-state index in [0.717, 1.165) is 30.2 Å². The van der Waals surface area contributed by atoms with Crippen LogP contribution in [0.4, 0.5) is 4.79 Å². The summed E-state index contributed by atoms with van der Waals surface area (Å²) in [5, 5.41) is 0.723. The standard InChI is InChI=1S/C27H27ClN4O2/c28-23-11-9-22(10-12-23)18-30-16-13-27(14-17-30)25(33)31(20-24-8-4-5-15-29-24)26(34)32(27)19-21-6-2-1-3-7-21/h1-12,15H,13-14,16-20H2. The van der Waals surface area contributed by atoms with Crippen molar-refractivity contribution in [3.05, 3.63) is 101 Å². The summed E-state index contributed by atoms with van der Waals surface area (Å²) in [4.78, 5) is 37.2. The van der Waals surface area contributed by atoms with Gasteiger partial charge in [-0.2, -0.15) is 0 Å². The number of pyridine rings is 1. The summed E-state index contributed by atoms with van der Waals surface area (Å²) >= 11 is 6.02. The molecule has 1 spiro atoms. The zero-order valence-electron chi connectivity index (χ0n) is 18.9. The molecule has 0 radical (unpaired) electrons. The topological polar surface area (TPSA) is 56.8 Å². The molecular formula is C27H27ClN4O2. The first-order chi connectivity index (χ1) is 16.5. The Labute approximate surface area is 204 Å². The molecule has 1 aromatic heterocycles. The third-order valence-corrected chi connectivity index (χ3v) is 7.11. The first-order valence-corrected chi connectivity index (χ1v) is 12.0. The average molecular weight is 475 g/mol. The maximum absolute atomic E-state index is 13.8. The van der Waals surface area contributed by atoms with E-state index in [1.807, 2.05) is 72.8 Å². The molecule has 0 bridgehead atoms. The minimum absolute atomic E-state index is 0.106. The molecule has 0 atom stereocenters. The van der Waals surface area contributed by atoms with Crippen molar-refractivity contribution in [1.82, 2.24) is 19.7 Å². The third kappa shape index (κ3) is 4.43. The number of hydrogen-bond acceptors (Lipinski definition) is 4. The van der Waals surface area contributed by atoms with Crippen LogP contribution in [-0.2, 0) is 24.4 Å². The summed E-state index contributed by atoms with van der Waals surface area (Å²) in [5.41, 5.74) is 2.09. The zero-order chi connectivity index (χ0) is 23.5. The number of carbonyl (C=O) groups is 2. The molecule has 5 rings (SSSR count). The molecule has 2 aliphatic heterocycles. The summed E-state index contributed by atoms with van der Waals surface area (Å²) in [5.74, 6) is -0.106. The van der Waals surface area contributed by atoms with E-state index in [1.54, 1.807) is 11.1 Å². The predicted octanol–water partition coefficient (Wildman–Crippen LogP) is 4.73. The number of amides is 3. The third-order valence-electron chi connectivity index (χ3n) is 6.85. The van der Waals surface area contributed by atoms with E-state index in [2.05, 4.69) is 9.88 Å². The number of rotatable bonds is 6. The Hall–Kier alpha value is -3.22. The van der Waals surface area contributed by atoms with Crippen molar-refractivity contribution in [2.45, 2.75) is 38.0 Å². The van der Waals surface area contributed by atoms with Crippen LogP contribution in [0.25, 0.3) is 0 Å². The van der Waals surface area contributed by atoms with Gasteiger partial charge in [-0.15, -0.1) is 0 Å². The van der Waals surface area contributed by atoms with Gasteiger partial charge in [0, 0.05) is 37.4 Å². The van der Waals surface area contributed by atoms with Gasteiger partial charge in [-0.25, -0.2) is 4.79 Å². The largest absolute Gasteiger partial charge is 0.328 e. The van der Waals surface area contributed by atoms with Crippen LogP contribution in [0.15, 0.2) is 79.0 Å². The molecule has 0 aliphatic carbocycles. The molecule has 3 amide bonds. The quantitative estimate of drug-likeness (QED) is 0.484. The summed E-state index contributed by atoms with van der Waals surface area (Å²) in [7, 11) is 0. The van der Waals surface area contributed by atoms with Crippen molar-refractivity contribution >= 4 is 23.5 Å². The first-order valence-electron chi connectivity index (χ1n) is 11.6. The van der Waals surface area contributed by atoms with E-state index in [4.69, 9.17) is 11.6 Å². The highest BCUT2D eigenvalue weighted by Gasteiger charge is 2.57. The lowest BCUT2D eigenvalue weighted by atomic mass is 9.85. The predicted molar refractivity (Wildman–Crippen MR) is 131 cm³/mol. The van der Waals surface area contributed by atoms with E-state index in [1.165, 1.54) is 10.5 Å². The van der Waals surface area contributed by atoms with Crippen molar-refractivity contribution in [3.63, 3.8) is 0 Å². The Bertz CT molecular complexity index is 1150. The smallest absolute Gasteiger partial charge is 0.305 e. The molecule has 2 aromatic carbocycles. The van der Waals surface area contributed by atoms with E-state index >= 15 is 0 Å². The van der Waals surface area contributed by atoms with Crippen molar-refractivity contribution < 1.29 is 9.59 Å². The minimum atomic E-state index is -0.821. The maximum Gasteiger partial charge on any atom is 0.328 e. The normalized spacial score (nSPS) is 18.1. The molecule has 34 heavy (non-hydrogen) atoms. The molecule has 2 aliphatic rings. The Morgan fingerprint density at radius 2 is 1.47 bits per heavy atom. The molecule has 0 N–H and O–H groups in total. The molecule has 2 saturated heterocycles. The molecule has 2 fully saturated rings. The number of hydrogen-bond donors (Lipinski definition) is 0. The number of piperidine rings is 1. The van der Waals surface area contributed by atoms with Gasteiger partial charge in [0.15, 0.2) is 0 Å². The summed E-state index contributed by atoms with van der Waals surface area (Å²) in [6, 6.07) is 23.1. The Morgan fingerprint density at radius 1 is 0.794 bits per heavy atom. The number of imide groups is 1. The molecule has 7 heteroatoms. The van der Waals surface area contributed by atoms with E-state index in [-0.39, 0.29) is 18.5 Å². The Balaban J connectivity index is 1.37. The fourth-order valence-electron chi connectivity index (χ4n) is 4.97. The van der Waals surface area contributed by atoms with Gasteiger partial charge < -0.3 is 4.90 Å². The van der Waals surface area contributed by atoms with Crippen LogP contribution in [0.5, 0.6) is 0 Å². The number of likely N-dealkylation sites (tertiary alicyclic amines) is 1. The second kappa shape index (κ2) is 9.57. The second-order valence-electron chi connectivity index (χ2n) is 9.00. The van der Waals surface area contributed by atoms with Crippen LogP contribution in [0.1, 0.15) is 29.7 Å². The molecule has 6 nitrogen and oxygen atoms in total. The number of halogens is 1. The van der Waals surface area contributed by atoms with Gasteiger partial charge in [0.25, 0.3) is 5.91 Å². The summed E-state index contributed by atoms with van der Waals surface area (Å²) in [6.07, 6.45) is 2.90. The van der Waals surface area contributed by atoms with Crippen molar-refractivity contribution in [2.24, 2.45) is 0 Å². The lowest BCUT2D eigenvalue weighted by Crippen LogP contribution is -2.56. The maximum atomic E-state index is 13.8. The number of aromatic nitrogens is 1. The van der Waals surface area contributed by atoms with E-state index < -0.39 is 5.54 Å². The van der Waals surface area contributed by atoms with Crippen LogP contribution in [0.2, 0.25) is 5.02 Å². The molecule has 174 valence electrons. The van der Waals surface area contributed by atoms with Gasteiger partial charge in [-0.05, 0) is 48.2 Å². The van der Waals surface area contributed by atoms with Crippen molar-refractivity contribution in [2.75, 3.05) is 13.1 Å². The number of benzene rings is 2. The highest BCUT2D eigenvalue weighted by molar-refractivity contribution is 6.30. The fraction of sp³-hybridized carbons (Fsp3) is 0.296. The number of urea groups is 1. The van der Waals surface area contributed by atoms with Crippen molar-refractivity contribution in [1.29, 1.82) is 0 Å². The van der Waals surface area contributed by atoms with Crippen LogP contribution in [0.3, 0.4) is 0 Å². The highest BCUT2D eigenvalue weighted by atomic mass is 35.5. The van der Waals surface area contributed by atoms with Crippen LogP contribution in [0, 0.1) is 0 Å². The molecule has 3 aromatic rings. The molecule has 0 saturated carbocycles. The number of nitrogens with zero attached hydrogens (tertiary/aromatic N) is 4. The van der Waals surface area contributed by atoms with Gasteiger partial charge >= 0.3 is 6.03 Å². The zero-order valence-corrected chi connectivity index (χ0v) is 19.7. The number of carbonyl (C=O) groups excluding carboxylic acids is 2. The van der Waals surface area contributed by atoms with Crippen LogP contribution < -0.4 is 0 Å². The second-order valence-corrected chi connectivity index (χ2v) is 9.44. The monoisotopic (exact) mass is 474 g/mol. The highest BCUT2D eigenvalue weighted by Crippen LogP contribution is 2.39. The van der Waals surface area contributed by atoms with Gasteiger partial charge in [0.05, 0.1) is 12.2 Å². The lowest BCUT2D eigenvalue weighted by molar-refractivity contribution is -0.136. The van der Waals surface area contributed by atoms with Gasteiger partial charge in [0.1, 0.15) is 5.54 Å². The van der Waals surface area contributed by atoms with Crippen LogP contribution >= 0.6 is 11.6 Å². The fourth-order valence-corrected chi connectivity index (χ4v) is 5.10. The summed E-state index contributed by atoms with van der Waals surface area (Å²) in [6.45, 7) is 2.89. The lowest BCUT2D eigenvalue weighted by Gasteiger charge is -2.42. The SMILES string of the molecule is O=C1N(Cc2ccccn2)C(=O)C2(CCN(Cc3ccc(Cl)cc3)CC2)N1Cc1ccccc1. The molecule has 0 unspecified atom stereocenters. The minimum Gasteiger partial charge on any atom is -0.305 e. The Kier molecular flexibility index (Phi) is 6.35. The average Bonchev–Trinajstić information content (AvgIpc) is 3.05. The summed E-state index contributed by atoms with van der Waals surface area (Å²) < 4.78 is 0.